The summed E-state index contributed by atoms with van der Waals surface area (Å²) < 4.78 is 30.0. The molecule has 1 amide bonds. The number of halogens is 2. The summed E-state index contributed by atoms with van der Waals surface area (Å²) in [5, 5.41) is 20.5. The third-order valence-electron chi connectivity index (χ3n) is 2.82. The van der Waals surface area contributed by atoms with E-state index in [0.717, 1.165) is 11.8 Å². The van der Waals surface area contributed by atoms with E-state index < -0.39 is 25.4 Å². The number of hydrogen-bond donors (Lipinski definition) is 4. The summed E-state index contributed by atoms with van der Waals surface area (Å²) in [7, 11) is 1.70. The van der Waals surface area contributed by atoms with Crippen LogP contribution < -0.4 is 20.8 Å². The molecule has 0 heterocycles. The van der Waals surface area contributed by atoms with Crippen LogP contribution in [0.3, 0.4) is 0 Å². The second-order valence-electron chi connectivity index (χ2n) is 4.75. The van der Waals surface area contributed by atoms with Crippen molar-refractivity contribution >= 4 is 11.7 Å². The van der Waals surface area contributed by atoms with Crippen LogP contribution in [-0.2, 0) is 0 Å². The average Bonchev–Trinajstić information content (AvgIpc) is 2.51. The van der Waals surface area contributed by atoms with Crippen LogP contribution in [0, 0.1) is 0 Å². The molecule has 0 saturated carbocycles. The maximum atomic E-state index is 12.5. The highest BCUT2D eigenvalue weighted by Gasteiger charge is 2.17. The zero-order valence-electron chi connectivity index (χ0n) is 12.9. The van der Waals surface area contributed by atoms with Crippen molar-refractivity contribution in [2.75, 3.05) is 20.4 Å². The van der Waals surface area contributed by atoms with Crippen LogP contribution in [0.4, 0.5) is 8.78 Å². The van der Waals surface area contributed by atoms with Gasteiger partial charge in [-0.15, -0.1) is 0 Å². The number of phenols is 1. The van der Waals surface area contributed by atoms with E-state index in [1.54, 1.807) is 14.0 Å². The fraction of sp³-hybridized carbons (Fsp3) is 0.333. The summed E-state index contributed by atoms with van der Waals surface area (Å²) in [6, 6.07) is 3.60. The van der Waals surface area contributed by atoms with E-state index in [2.05, 4.69) is 10.6 Å². The van der Waals surface area contributed by atoms with Gasteiger partial charge in [0, 0.05) is 24.9 Å². The van der Waals surface area contributed by atoms with Gasteiger partial charge in [0.1, 0.15) is 24.8 Å². The minimum atomic E-state index is -1.29. The maximum absolute atomic E-state index is 12.5. The summed E-state index contributed by atoms with van der Waals surface area (Å²) in [6.45, 7) is -0.293. The average molecular weight is 328 g/mol. The molecule has 1 rings (SSSR count). The van der Waals surface area contributed by atoms with Gasteiger partial charge in [0.2, 0.25) is 0 Å². The van der Waals surface area contributed by atoms with Gasteiger partial charge < -0.3 is 15.2 Å². The third kappa shape index (κ3) is 5.93. The number of carbonyl (C=O) groups excluding carboxylic acids is 1. The molecule has 6 nitrogen and oxygen atoms in total. The zero-order valence-corrected chi connectivity index (χ0v) is 12.9. The molecule has 0 aliphatic carbocycles. The van der Waals surface area contributed by atoms with Crippen molar-refractivity contribution in [3.63, 3.8) is 0 Å². The largest absolute Gasteiger partial charge is 0.508 e. The minimum absolute atomic E-state index is 0.0176. The monoisotopic (exact) mass is 328 g/mol. The first kappa shape index (κ1) is 18.4. The summed E-state index contributed by atoms with van der Waals surface area (Å²) >= 11 is 0. The van der Waals surface area contributed by atoms with Crippen molar-refractivity contribution in [2.24, 2.45) is 0 Å². The Hall–Kier alpha value is -2.64. The van der Waals surface area contributed by atoms with Crippen LogP contribution in [-0.4, -0.2) is 43.4 Å². The van der Waals surface area contributed by atoms with Gasteiger partial charge in [-0.1, -0.05) is 0 Å². The van der Waals surface area contributed by atoms with Crippen molar-refractivity contribution in [1.82, 2.24) is 10.6 Å². The summed E-state index contributed by atoms with van der Waals surface area (Å²) in [5.41, 5.74) is 0.770. The molecule has 5 N–H and O–H groups in total. The number of aromatic hydroxyl groups is 1. The van der Waals surface area contributed by atoms with Crippen molar-refractivity contribution < 1.29 is 28.8 Å². The number of hydrogen-bond acceptors (Lipinski definition) is 4. The number of nitrogens with one attached hydrogen (secondary N) is 2. The van der Waals surface area contributed by atoms with E-state index in [0.29, 0.717) is 0 Å². The minimum Gasteiger partial charge on any atom is -0.508 e. The molecule has 0 fully saturated rings. The molecule has 1 aromatic carbocycles. The number of ether oxygens (including phenoxy) is 1. The van der Waals surface area contributed by atoms with Crippen LogP contribution in [0.1, 0.15) is 17.3 Å². The van der Waals surface area contributed by atoms with Gasteiger partial charge in [0.25, 0.3) is 5.84 Å². The highest BCUT2D eigenvalue weighted by molar-refractivity contribution is 6.08. The molecule has 0 unspecified atom stereocenters. The molecule has 0 aliphatic heterocycles. The Kier molecular flexibility index (Phi) is 6.98. The molecule has 126 valence electrons. The van der Waals surface area contributed by atoms with Crippen molar-refractivity contribution in [3.05, 3.63) is 35.5 Å². The molecule has 1 aromatic rings. The number of nitrogens with two attached hydrogens (primary N) is 1. The number of carbonyl (C=O) groups is 1. The van der Waals surface area contributed by atoms with Gasteiger partial charge in [-0.3, -0.25) is 5.41 Å². The van der Waals surface area contributed by atoms with Gasteiger partial charge in [-0.25, -0.2) is 18.9 Å². The van der Waals surface area contributed by atoms with E-state index in [1.807, 2.05) is 0 Å². The molecule has 0 aromatic heterocycles. The smallest absolute Gasteiger partial charge is 0.339 e. The lowest BCUT2D eigenvalue weighted by Crippen LogP contribution is -2.50. The van der Waals surface area contributed by atoms with Crippen LogP contribution in [0.15, 0.2) is 30.0 Å². The number of alkyl halides is 2. The first-order valence-electron chi connectivity index (χ1n) is 6.82. The van der Waals surface area contributed by atoms with E-state index in [1.165, 1.54) is 18.2 Å². The fourth-order valence-corrected chi connectivity index (χ4v) is 1.62. The molecular weight excluding hydrogens is 308 g/mol. The molecule has 0 aliphatic rings. The van der Waals surface area contributed by atoms with Crippen LogP contribution >= 0.6 is 0 Å². The number of rotatable bonds is 7. The van der Waals surface area contributed by atoms with Gasteiger partial charge in [0.15, 0.2) is 6.10 Å². The highest BCUT2D eigenvalue weighted by atomic mass is 19.1. The Morgan fingerprint density at radius 2 is 2.04 bits per heavy atom. The molecule has 0 spiro atoms. The highest BCUT2D eigenvalue weighted by Crippen LogP contribution is 2.23. The quantitative estimate of drug-likeness (QED) is 0.421. The van der Waals surface area contributed by atoms with Gasteiger partial charge >= 0.3 is 5.91 Å². The zero-order chi connectivity index (χ0) is 17.4. The van der Waals surface area contributed by atoms with Gasteiger partial charge in [-0.2, -0.15) is 0 Å². The standard InChI is InChI=1S/C15H19F2N3O3/c1-9(19-2)3-14(18)20-15(22)10-4-11(21)6-12(5-10)23-13(7-16)8-17/h3-6,13,19,21H,7-8H2,1-2H3,(H2,18,20,22)/p+1/b9-3-. The normalized spacial score (nSPS) is 11.3. The lowest BCUT2D eigenvalue weighted by molar-refractivity contribution is -0.115. The SMILES string of the molecule is CN/C(C)=C\C(=[NH2+])NC(=O)c1cc(O)cc(OC(CF)CF)c1. The molecule has 8 heteroatoms. The summed E-state index contributed by atoms with van der Waals surface area (Å²) in [4.78, 5) is 12.1. The van der Waals surface area contributed by atoms with Crippen molar-refractivity contribution in [1.29, 1.82) is 0 Å². The third-order valence-corrected chi connectivity index (χ3v) is 2.82. The fourth-order valence-electron chi connectivity index (χ4n) is 1.62. The van der Waals surface area contributed by atoms with Crippen LogP contribution in [0.5, 0.6) is 11.5 Å². The Balaban J connectivity index is 2.89. The van der Waals surface area contributed by atoms with E-state index >= 15 is 0 Å². The number of allylic oxidation sites excluding steroid dienone is 1. The topological polar surface area (TPSA) is 96.2 Å². The molecule has 0 bridgehead atoms. The predicted octanol–water partition coefficient (Wildman–Crippen LogP) is 0.0892. The molecule has 23 heavy (non-hydrogen) atoms. The number of benzene rings is 1. The molecule has 0 saturated heterocycles. The van der Waals surface area contributed by atoms with Crippen LogP contribution in [0.25, 0.3) is 0 Å². The van der Waals surface area contributed by atoms with Crippen molar-refractivity contribution in [3.8, 4) is 11.5 Å². The Morgan fingerprint density at radius 3 is 2.61 bits per heavy atom. The molecule has 0 atom stereocenters. The number of phenolic OH excluding ortho intramolecular Hbond substituents is 1. The Morgan fingerprint density at radius 1 is 1.39 bits per heavy atom. The lowest BCUT2D eigenvalue weighted by Gasteiger charge is -2.13. The summed E-state index contributed by atoms with van der Waals surface area (Å²) in [6.07, 6.45) is 0.228. The first-order valence-corrected chi connectivity index (χ1v) is 6.82. The molecular formula is C15H20F2N3O3+. The van der Waals surface area contributed by atoms with Gasteiger partial charge in [-0.05, 0) is 19.1 Å². The Bertz CT molecular complexity index is 602. The predicted molar refractivity (Wildman–Crippen MR) is 81.7 cm³/mol. The second kappa shape index (κ2) is 8.72. The Labute approximate surface area is 132 Å². The molecule has 0 radical (unpaired) electrons. The lowest BCUT2D eigenvalue weighted by atomic mass is 10.2. The number of amides is 1. The first-order chi connectivity index (χ1) is 10.9. The van der Waals surface area contributed by atoms with E-state index in [9.17, 15) is 18.7 Å². The van der Waals surface area contributed by atoms with Gasteiger partial charge in [0.05, 0.1) is 5.56 Å². The van der Waals surface area contributed by atoms with Crippen LogP contribution in [0.2, 0.25) is 0 Å². The van der Waals surface area contributed by atoms with E-state index in [4.69, 9.17) is 10.1 Å². The number of amidine groups is 1. The maximum Gasteiger partial charge on any atom is 0.339 e. The summed E-state index contributed by atoms with van der Waals surface area (Å²) in [5.74, 6) is -0.792. The van der Waals surface area contributed by atoms with Crippen molar-refractivity contribution in [2.45, 2.75) is 13.0 Å². The van der Waals surface area contributed by atoms with E-state index in [-0.39, 0.29) is 22.9 Å². The second-order valence-corrected chi connectivity index (χ2v) is 4.75.